The lowest BCUT2D eigenvalue weighted by Gasteiger charge is -2.33. The number of aliphatic hydroxyl groups is 3. The van der Waals surface area contributed by atoms with Crippen LogP contribution in [0.2, 0.25) is 0 Å². The second kappa shape index (κ2) is 8.78. The summed E-state index contributed by atoms with van der Waals surface area (Å²) in [4.78, 5) is 25.5. The molecule has 1 aliphatic carbocycles. The Hall–Kier alpha value is -1.72. The van der Waals surface area contributed by atoms with Gasteiger partial charge >= 0.3 is 0 Å². The summed E-state index contributed by atoms with van der Waals surface area (Å²) in [5.41, 5.74) is -0.629. The Bertz CT molecular complexity index is 647. The van der Waals surface area contributed by atoms with Gasteiger partial charge < -0.3 is 15.3 Å². The van der Waals surface area contributed by atoms with Crippen molar-refractivity contribution in [2.75, 3.05) is 0 Å². The molecule has 4 atom stereocenters. The number of rotatable bonds is 8. The van der Waals surface area contributed by atoms with Crippen molar-refractivity contribution in [2.24, 2.45) is 11.8 Å². The molecule has 0 aliphatic heterocycles. The molecular weight excluding hydrogens is 332 g/mol. The highest BCUT2D eigenvalue weighted by molar-refractivity contribution is 6.24. The largest absolute Gasteiger partial charge is 0.508 e. The SMILES string of the molecule is CCC(C)C(=O)C1=C(O)[C@@](O)(C(O)CC=C(C)C)[C@@H](CC=C(C)C)C1=O. The highest BCUT2D eigenvalue weighted by atomic mass is 16.4. The van der Waals surface area contributed by atoms with Crippen molar-refractivity contribution >= 4 is 11.6 Å². The molecule has 0 fully saturated rings. The molecule has 26 heavy (non-hydrogen) atoms. The van der Waals surface area contributed by atoms with Gasteiger partial charge in [-0.25, -0.2) is 0 Å². The van der Waals surface area contributed by atoms with Gasteiger partial charge in [0.15, 0.2) is 17.2 Å². The average molecular weight is 364 g/mol. The summed E-state index contributed by atoms with van der Waals surface area (Å²) >= 11 is 0. The molecule has 146 valence electrons. The molecule has 1 rings (SSSR count). The lowest BCUT2D eigenvalue weighted by Crippen LogP contribution is -2.49. The minimum absolute atomic E-state index is 0.0757. The van der Waals surface area contributed by atoms with Crippen LogP contribution in [0.15, 0.2) is 34.6 Å². The molecule has 0 bridgehead atoms. The van der Waals surface area contributed by atoms with E-state index in [1.807, 2.05) is 34.6 Å². The molecule has 1 aliphatic rings. The van der Waals surface area contributed by atoms with Crippen LogP contribution in [-0.2, 0) is 9.59 Å². The highest BCUT2D eigenvalue weighted by Gasteiger charge is 2.58. The van der Waals surface area contributed by atoms with Crippen LogP contribution in [0.25, 0.3) is 0 Å². The van der Waals surface area contributed by atoms with Crippen LogP contribution in [0.4, 0.5) is 0 Å². The molecule has 0 radical (unpaired) electrons. The number of hydrogen-bond acceptors (Lipinski definition) is 5. The van der Waals surface area contributed by atoms with Crippen LogP contribution < -0.4 is 0 Å². The first kappa shape index (κ1) is 22.3. The fourth-order valence-electron chi connectivity index (χ4n) is 3.08. The Labute approximate surface area is 156 Å². The maximum Gasteiger partial charge on any atom is 0.176 e. The Balaban J connectivity index is 3.43. The van der Waals surface area contributed by atoms with Crippen molar-refractivity contribution in [3.05, 3.63) is 34.6 Å². The zero-order valence-electron chi connectivity index (χ0n) is 16.7. The number of carbonyl (C=O) groups is 2. The van der Waals surface area contributed by atoms with Gasteiger partial charge in [0.1, 0.15) is 11.3 Å². The van der Waals surface area contributed by atoms with Crippen LogP contribution in [-0.4, -0.2) is 38.6 Å². The standard InChI is InChI=1S/C21H32O5/c1-7-14(6)18(23)17-19(24)15(10-8-12(2)3)21(26,20(17)25)16(22)11-9-13(4)5/h8-9,14-16,22,25-26H,7,10-11H2,1-6H3/t14?,15-,16?,21-/m0/s1. The van der Waals surface area contributed by atoms with Crippen molar-refractivity contribution in [3.63, 3.8) is 0 Å². The van der Waals surface area contributed by atoms with Gasteiger partial charge in [-0.2, -0.15) is 0 Å². The van der Waals surface area contributed by atoms with Crippen LogP contribution in [0.3, 0.4) is 0 Å². The summed E-state index contributed by atoms with van der Waals surface area (Å²) in [5.74, 6) is -3.29. The molecule has 5 nitrogen and oxygen atoms in total. The van der Waals surface area contributed by atoms with E-state index in [0.29, 0.717) is 6.42 Å². The Morgan fingerprint density at radius 1 is 1.19 bits per heavy atom. The number of allylic oxidation sites excluding steroid dienone is 4. The van der Waals surface area contributed by atoms with Crippen molar-refractivity contribution in [2.45, 2.75) is 72.5 Å². The van der Waals surface area contributed by atoms with Gasteiger partial charge in [-0.05, 0) is 47.0 Å². The lowest BCUT2D eigenvalue weighted by atomic mass is 9.80. The van der Waals surface area contributed by atoms with Gasteiger partial charge in [-0.15, -0.1) is 0 Å². The molecule has 0 heterocycles. The number of hydrogen-bond donors (Lipinski definition) is 3. The maximum atomic E-state index is 12.9. The first-order valence-corrected chi connectivity index (χ1v) is 9.17. The molecule has 0 saturated carbocycles. The molecule has 0 aromatic rings. The third-order valence-electron chi connectivity index (χ3n) is 5.04. The molecular formula is C21H32O5. The van der Waals surface area contributed by atoms with E-state index in [4.69, 9.17) is 0 Å². The lowest BCUT2D eigenvalue weighted by molar-refractivity contribution is -0.134. The first-order chi connectivity index (χ1) is 12.0. The van der Waals surface area contributed by atoms with Gasteiger partial charge in [0, 0.05) is 5.92 Å². The van der Waals surface area contributed by atoms with Gasteiger partial charge in [0.2, 0.25) is 0 Å². The van der Waals surface area contributed by atoms with Gasteiger partial charge in [0.25, 0.3) is 0 Å². The minimum Gasteiger partial charge on any atom is -0.508 e. The van der Waals surface area contributed by atoms with E-state index < -0.39 is 40.9 Å². The topological polar surface area (TPSA) is 94.8 Å². The third-order valence-corrected chi connectivity index (χ3v) is 5.04. The van der Waals surface area contributed by atoms with E-state index in [0.717, 1.165) is 11.1 Å². The van der Waals surface area contributed by atoms with Crippen LogP contribution in [0.1, 0.15) is 60.8 Å². The van der Waals surface area contributed by atoms with Crippen molar-refractivity contribution in [3.8, 4) is 0 Å². The smallest absolute Gasteiger partial charge is 0.176 e. The second-order valence-corrected chi connectivity index (χ2v) is 7.69. The second-order valence-electron chi connectivity index (χ2n) is 7.69. The third kappa shape index (κ3) is 4.33. The van der Waals surface area contributed by atoms with Crippen LogP contribution in [0, 0.1) is 11.8 Å². The number of carbonyl (C=O) groups excluding carboxylic acids is 2. The zero-order chi connectivity index (χ0) is 20.2. The molecule has 0 amide bonds. The summed E-state index contributed by atoms with van der Waals surface area (Å²) in [6.45, 7) is 10.9. The monoisotopic (exact) mass is 364 g/mol. The molecule has 0 spiro atoms. The predicted octanol–water partition coefficient (Wildman–Crippen LogP) is 3.42. The van der Waals surface area contributed by atoms with E-state index in [2.05, 4.69) is 0 Å². The minimum atomic E-state index is -2.16. The Morgan fingerprint density at radius 2 is 1.73 bits per heavy atom. The van der Waals surface area contributed by atoms with E-state index >= 15 is 0 Å². The van der Waals surface area contributed by atoms with Crippen LogP contribution in [0.5, 0.6) is 0 Å². The van der Waals surface area contributed by atoms with Crippen LogP contribution >= 0.6 is 0 Å². The van der Waals surface area contributed by atoms with Gasteiger partial charge in [0.05, 0.1) is 12.0 Å². The van der Waals surface area contributed by atoms with Gasteiger partial charge in [-0.1, -0.05) is 37.1 Å². The number of aliphatic hydroxyl groups excluding tert-OH is 2. The first-order valence-electron chi connectivity index (χ1n) is 9.17. The summed E-state index contributed by atoms with van der Waals surface area (Å²) < 4.78 is 0. The van der Waals surface area contributed by atoms with Crippen molar-refractivity contribution in [1.82, 2.24) is 0 Å². The summed E-state index contributed by atoms with van der Waals surface area (Å²) in [6, 6.07) is 0. The van der Waals surface area contributed by atoms with Crippen molar-refractivity contribution < 1.29 is 24.9 Å². The zero-order valence-corrected chi connectivity index (χ0v) is 16.7. The number of Topliss-reactive ketones (excluding diaryl/α,β-unsaturated/α-hetero) is 2. The maximum absolute atomic E-state index is 12.9. The summed E-state index contributed by atoms with van der Waals surface area (Å²) in [7, 11) is 0. The Morgan fingerprint density at radius 3 is 2.19 bits per heavy atom. The quantitative estimate of drug-likeness (QED) is 0.453. The fraction of sp³-hybridized carbons (Fsp3) is 0.619. The average Bonchev–Trinajstić information content (AvgIpc) is 2.76. The van der Waals surface area contributed by atoms with E-state index in [1.54, 1.807) is 19.1 Å². The summed E-state index contributed by atoms with van der Waals surface area (Å²) in [6.07, 6.45) is 2.84. The summed E-state index contributed by atoms with van der Waals surface area (Å²) in [5, 5.41) is 32.4. The molecule has 3 N–H and O–H groups in total. The highest BCUT2D eigenvalue weighted by Crippen LogP contribution is 2.43. The molecule has 2 unspecified atom stereocenters. The van der Waals surface area contributed by atoms with Crippen molar-refractivity contribution in [1.29, 1.82) is 0 Å². The van der Waals surface area contributed by atoms with E-state index in [1.165, 1.54) is 0 Å². The normalized spacial score (nSPS) is 25.1. The van der Waals surface area contributed by atoms with E-state index in [-0.39, 0.29) is 18.4 Å². The number of ketones is 2. The van der Waals surface area contributed by atoms with E-state index in [9.17, 15) is 24.9 Å². The van der Waals surface area contributed by atoms with Gasteiger partial charge in [-0.3, -0.25) is 9.59 Å². The molecule has 0 saturated heterocycles. The molecule has 5 heteroatoms. The predicted molar refractivity (Wildman–Crippen MR) is 102 cm³/mol. The molecule has 0 aromatic carbocycles. The Kier molecular flexibility index (Phi) is 7.54. The molecule has 0 aromatic heterocycles. The fourth-order valence-corrected chi connectivity index (χ4v) is 3.08.